The summed E-state index contributed by atoms with van der Waals surface area (Å²) in [6.45, 7) is 7.05. The lowest BCUT2D eigenvalue weighted by Gasteiger charge is -2.31. The second kappa shape index (κ2) is 5.91. The molecule has 18 heavy (non-hydrogen) atoms. The second-order valence-electron chi connectivity index (χ2n) is 6.10. The Morgan fingerprint density at radius 3 is 2.50 bits per heavy atom. The van der Waals surface area contributed by atoms with E-state index in [1.165, 1.54) is 12.8 Å². The fourth-order valence-corrected chi connectivity index (χ4v) is 2.54. The van der Waals surface area contributed by atoms with Gasteiger partial charge in [0.15, 0.2) is 0 Å². The minimum atomic E-state index is 0.123. The highest BCUT2D eigenvalue weighted by Gasteiger charge is 2.29. The Morgan fingerprint density at radius 2 is 1.94 bits per heavy atom. The summed E-state index contributed by atoms with van der Waals surface area (Å²) in [6.07, 6.45) is 4.92. The van der Waals surface area contributed by atoms with Crippen LogP contribution in [-0.2, 0) is 0 Å². The number of carbonyl (C=O) groups is 1. The van der Waals surface area contributed by atoms with Gasteiger partial charge in [0.05, 0.1) is 0 Å². The van der Waals surface area contributed by atoms with E-state index in [0.29, 0.717) is 6.04 Å². The van der Waals surface area contributed by atoms with Gasteiger partial charge in [0.25, 0.3) is 0 Å². The predicted molar refractivity (Wildman–Crippen MR) is 73.6 cm³/mol. The molecule has 2 rings (SSSR count). The van der Waals surface area contributed by atoms with E-state index in [1.807, 2.05) is 4.90 Å². The zero-order valence-electron chi connectivity index (χ0n) is 12.0. The van der Waals surface area contributed by atoms with E-state index in [0.717, 1.165) is 44.4 Å². The molecule has 0 aromatic heterocycles. The average Bonchev–Trinajstić information content (AvgIpc) is 3.19. The van der Waals surface area contributed by atoms with E-state index in [9.17, 15) is 4.79 Å². The van der Waals surface area contributed by atoms with Gasteiger partial charge in [-0.25, -0.2) is 4.79 Å². The van der Waals surface area contributed by atoms with Crippen molar-refractivity contribution in [2.75, 3.05) is 26.7 Å². The molecule has 0 spiro atoms. The van der Waals surface area contributed by atoms with E-state index in [2.05, 4.69) is 31.1 Å². The van der Waals surface area contributed by atoms with Gasteiger partial charge in [-0.15, -0.1) is 0 Å². The van der Waals surface area contributed by atoms with Crippen LogP contribution in [-0.4, -0.2) is 54.6 Å². The molecule has 2 aliphatic rings. The molecule has 1 heterocycles. The van der Waals surface area contributed by atoms with Crippen LogP contribution in [0.25, 0.3) is 0 Å². The Labute approximate surface area is 111 Å². The number of likely N-dealkylation sites (tertiary alicyclic amines) is 1. The maximum Gasteiger partial charge on any atom is 0.317 e. The van der Waals surface area contributed by atoms with Crippen molar-refractivity contribution in [3.63, 3.8) is 0 Å². The molecule has 1 aliphatic heterocycles. The van der Waals surface area contributed by atoms with Crippen molar-refractivity contribution in [2.24, 2.45) is 5.92 Å². The molecular formula is C14H27N3O. The molecule has 1 aliphatic carbocycles. The van der Waals surface area contributed by atoms with Gasteiger partial charge in [-0.1, -0.05) is 6.92 Å². The Hall–Kier alpha value is -0.770. The summed E-state index contributed by atoms with van der Waals surface area (Å²) in [5, 5.41) is 3.08. The topological polar surface area (TPSA) is 35.6 Å². The number of rotatable bonds is 4. The molecule has 0 radical (unpaired) electrons. The van der Waals surface area contributed by atoms with E-state index in [-0.39, 0.29) is 6.03 Å². The van der Waals surface area contributed by atoms with Gasteiger partial charge in [0.1, 0.15) is 0 Å². The van der Waals surface area contributed by atoms with Gasteiger partial charge in [0.2, 0.25) is 0 Å². The van der Waals surface area contributed by atoms with Crippen LogP contribution in [0.4, 0.5) is 4.79 Å². The molecule has 4 heteroatoms. The van der Waals surface area contributed by atoms with Crippen LogP contribution in [0.2, 0.25) is 0 Å². The molecule has 1 atom stereocenters. The van der Waals surface area contributed by atoms with Crippen molar-refractivity contribution in [1.29, 1.82) is 0 Å². The fraction of sp³-hybridized carbons (Fsp3) is 0.929. The van der Waals surface area contributed by atoms with Crippen molar-refractivity contribution in [3.8, 4) is 0 Å². The van der Waals surface area contributed by atoms with Crippen LogP contribution < -0.4 is 5.32 Å². The lowest BCUT2D eigenvalue weighted by molar-refractivity contribution is 0.168. The van der Waals surface area contributed by atoms with Crippen molar-refractivity contribution in [1.82, 2.24) is 15.1 Å². The van der Waals surface area contributed by atoms with E-state index >= 15 is 0 Å². The molecule has 1 N–H and O–H groups in total. The molecule has 0 bridgehead atoms. The fourth-order valence-electron chi connectivity index (χ4n) is 2.54. The van der Waals surface area contributed by atoms with E-state index in [4.69, 9.17) is 0 Å². The number of hydrogen-bond donors (Lipinski definition) is 1. The number of urea groups is 1. The Balaban J connectivity index is 1.67. The predicted octanol–water partition coefficient (Wildman–Crippen LogP) is 1.91. The minimum absolute atomic E-state index is 0.123. The first-order chi connectivity index (χ1) is 8.58. The van der Waals surface area contributed by atoms with Crippen LogP contribution in [0.5, 0.6) is 0 Å². The van der Waals surface area contributed by atoms with Gasteiger partial charge < -0.3 is 10.2 Å². The number of amides is 2. The van der Waals surface area contributed by atoms with Crippen molar-refractivity contribution in [3.05, 3.63) is 0 Å². The summed E-state index contributed by atoms with van der Waals surface area (Å²) >= 11 is 0. The number of nitrogens with one attached hydrogen (secondary N) is 1. The Bertz CT molecular complexity index is 283. The number of piperidine rings is 1. The first-order valence-electron chi connectivity index (χ1n) is 7.32. The lowest BCUT2D eigenvalue weighted by atomic mass is 10.00. The molecular weight excluding hydrogens is 226 g/mol. The van der Waals surface area contributed by atoms with Crippen molar-refractivity contribution < 1.29 is 4.79 Å². The van der Waals surface area contributed by atoms with Crippen LogP contribution in [0, 0.1) is 5.92 Å². The highest BCUT2D eigenvalue weighted by Crippen LogP contribution is 2.26. The highest BCUT2D eigenvalue weighted by atomic mass is 16.2. The zero-order valence-corrected chi connectivity index (χ0v) is 12.0. The SMILES string of the molecule is CC1CCN(C(=O)NCC(C)N(C)C2CC2)CC1. The Morgan fingerprint density at radius 1 is 1.33 bits per heavy atom. The Kier molecular flexibility index (Phi) is 4.49. The molecule has 1 saturated heterocycles. The number of nitrogens with zero attached hydrogens (tertiary/aromatic N) is 2. The molecule has 1 unspecified atom stereocenters. The van der Waals surface area contributed by atoms with Crippen LogP contribution >= 0.6 is 0 Å². The quantitative estimate of drug-likeness (QED) is 0.831. The van der Waals surface area contributed by atoms with Gasteiger partial charge in [0, 0.05) is 31.7 Å². The summed E-state index contributed by atoms with van der Waals surface area (Å²) in [4.78, 5) is 16.4. The monoisotopic (exact) mass is 253 g/mol. The van der Waals surface area contributed by atoms with E-state index < -0.39 is 0 Å². The summed E-state index contributed by atoms with van der Waals surface area (Å²) in [5.41, 5.74) is 0. The first kappa shape index (κ1) is 13.7. The summed E-state index contributed by atoms with van der Waals surface area (Å²) in [7, 11) is 2.16. The second-order valence-corrected chi connectivity index (χ2v) is 6.10. The number of carbonyl (C=O) groups excluding carboxylic acids is 1. The molecule has 0 aromatic carbocycles. The molecule has 2 fully saturated rings. The summed E-state index contributed by atoms with van der Waals surface area (Å²) in [6, 6.07) is 1.32. The molecule has 2 amide bonds. The third-order valence-electron chi connectivity index (χ3n) is 4.44. The largest absolute Gasteiger partial charge is 0.336 e. The maximum absolute atomic E-state index is 12.0. The van der Waals surface area contributed by atoms with Gasteiger partial charge >= 0.3 is 6.03 Å². The standard InChI is InChI=1S/C14H27N3O/c1-11-6-8-17(9-7-11)14(18)15-10-12(2)16(3)13-4-5-13/h11-13H,4-10H2,1-3H3,(H,15,18). The normalized spacial score (nSPS) is 23.2. The van der Waals surface area contributed by atoms with Crippen LogP contribution in [0.15, 0.2) is 0 Å². The van der Waals surface area contributed by atoms with Crippen LogP contribution in [0.1, 0.15) is 39.5 Å². The average molecular weight is 253 g/mol. The van der Waals surface area contributed by atoms with Crippen LogP contribution in [0.3, 0.4) is 0 Å². The van der Waals surface area contributed by atoms with Gasteiger partial charge in [-0.3, -0.25) is 4.90 Å². The zero-order chi connectivity index (χ0) is 13.1. The molecule has 4 nitrogen and oxygen atoms in total. The minimum Gasteiger partial charge on any atom is -0.336 e. The smallest absolute Gasteiger partial charge is 0.317 e. The van der Waals surface area contributed by atoms with Crippen molar-refractivity contribution >= 4 is 6.03 Å². The van der Waals surface area contributed by atoms with Crippen molar-refractivity contribution in [2.45, 2.75) is 51.6 Å². The maximum atomic E-state index is 12.0. The van der Waals surface area contributed by atoms with E-state index in [1.54, 1.807) is 0 Å². The highest BCUT2D eigenvalue weighted by molar-refractivity contribution is 5.74. The third kappa shape index (κ3) is 3.61. The van der Waals surface area contributed by atoms with Gasteiger partial charge in [-0.2, -0.15) is 0 Å². The molecule has 0 aromatic rings. The molecule has 104 valence electrons. The number of likely N-dealkylation sites (N-methyl/N-ethyl adjacent to an activating group) is 1. The number of hydrogen-bond acceptors (Lipinski definition) is 2. The lowest BCUT2D eigenvalue weighted by Crippen LogP contribution is -2.48. The first-order valence-corrected chi connectivity index (χ1v) is 7.32. The third-order valence-corrected chi connectivity index (χ3v) is 4.44. The molecule has 1 saturated carbocycles. The van der Waals surface area contributed by atoms with Gasteiger partial charge in [-0.05, 0) is 45.6 Å². The summed E-state index contributed by atoms with van der Waals surface area (Å²) < 4.78 is 0. The summed E-state index contributed by atoms with van der Waals surface area (Å²) in [5.74, 6) is 0.772.